The highest BCUT2D eigenvalue weighted by molar-refractivity contribution is 14.1. The molecule has 112 valence electrons. The first-order chi connectivity index (χ1) is 9.59. The molecule has 3 unspecified atom stereocenters. The van der Waals surface area contributed by atoms with E-state index in [1.165, 1.54) is 22.0 Å². The molecule has 1 aromatic rings. The molecule has 0 bridgehead atoms. The van der Waals surface area contributed by atoms with Gasteiger partial charge in [0.25, 0.3) is 0 Å². The Balaban J connectivity index is 2.14. The third kappa shape index (κ3) is 3.72. The van der Waals surface area contributed by atoms with E-state index in [0.717, 1.165) is 19.3 Å². The summed E-state index contributed by atoms with van der Waals surface area (Å²) in [6, 6.07) is 8.82. The first kappa shape index (κ1) is 16.2. The Morgan fingerprint density at radius 3 is 2.70 bits per heavy atom. The van der Waals surface area contributed by atoms with Gasteiger partial charge in [0.1, 0.15) is 0 Å². The monoisotopic (exact) mass is 388 g/mol. The molecule has 0 heterocycles. The van der Waals surface area contributed by atoms with Gasteiger partial charge in [0.2, 0.25) is 0 Å². The van der Waals surface area contributed by atoms with Crippen molar-refractivity contribution in [2.45, 2.75) is 50.7 Å². The highest BCUT2D eigenvalue weighted by atomic mass is 127. The fraction of sp³-hybridized carbons (Fsp3) is 0.625. The van der Waals surface area contributed by atoms with Gasteiger partial charge in [-0.05, 0) is 65.5 Å². The van der Waals surface area contributed by atoms with E-state index in [1.54, 1.807) is 0 Å². The largest absolute Gasteiger partial charge is 0.377 e. The molecule has 1 fully saturated rings. The second-order valence-corrected chi connectivity index (χ2v) is 7.27. The van der Waals surface area contributed by atoms with Gasteiger partial charge in [0.15, 0.2) is 0 Å². The van der Waals surface area contributed by atoms with Crippen LogP contribution in [0.5, 0.6) is 0 Å². The zero-order valence-electron chi connectivity index (χ0n) is 12.4. The van der Waals surface area contributed by atoms with Gasteiger partial charge >= 0.3 is 0 Å². The number of benzene rings is 1. The van der Waals surface area contributed by atoms with E-state index in [2.05, 4.69) is 59.2 Å². The molecule has 2 rings (SSSR count). The van der Waals surface area contributed by atoms with Crippen molar-refractivity contribution in [2.24, 2.45) is 11.8 Å². The summed E-state index contributed by atoms with van der Waals surface area (Å²) in [5, 5.41) is 0. The van der Waals surface area contributed by atoms with E-state index < -0.39 is 0 Å². The number of methoxy groups -OCH3 is 1. The summed E-state index contributed by atoms with van der Waals surface area (Å²) < 4.78 is 7.21. The van der Waals surface area contributed by atoms with Crippen LogP contribution in [0.3, 0.4) is 0 Å². The lowest BCUT2D eigenvalue weighted by molar-refractivity contribution is -0.0791. The first-order valence-corrected chi connectivity index (χ1v) is 8.43. The van der Waals surface area contributed by atoms with Crippen LogP contribution in [0, 0.1) is 9.49 Å². The van der Waals surface area contributed by atoms with Gasteiger partial charge in [-0.3, -0.25) is 11.3 Å². The number of ether oxygens (including phenoxy) is 1. The summed E-state index contributed by atoms with van der Waals surface area (Å²) in [5.74, 6) is 6.56. The molecule has 1 aromatic carbocycles. The molecule has 0 aliphatic heterocycles. The van der Waals surface area contributed by atoms with Gasteiger partial charge in [-0.25, -0.2) is 0 Å². The van der Waals surface area contributed by atoms with Crippen LogP contribution >= 0.6 is 22.6 Å². The molecule has 0 radical (unpaired) electrons. The van der Waals surface area contributed by atoms with E-state index in [-0.39, 0.29) is 11.6 Å². The van der Waals surface area contributed by atoms with Gasteiger partial charge < -0.3 is 4.74 Å². The summed E-state index contributed by atoms with van der Waals surface area (Å²) in [6.07, 6.45) is 5.61. The van der Waals surface area contributed by atoms with Crippen molar-refractivity contribution in [3.63, 3.8) is 0 Å². The molecular weight excluding hydrogens is 363 g/mol. The average molecular weight is 388 g/mol. The number of hydrogen-bond acceptors (Lipinski definition) is 3. The molecule has 20 heavy (non-hydrogen) atoms. The maximum Gasteiger partial charge on any atom is 0.0850 e. The second-order valence-electron chi connectivity index (χ2n) is 6.02. The Bertz CT molecular complexity index is 423. The summed E-state index contributed by atoms with van der Waals surface area (Å²) in [4.78, 5) is 0. The molecular formula is C16H25IN2O. The summed E-state index contributed by atoms with van der Waals surface area (Å²) in [6.45, 7) is 2.31. The maximum absolute atomic E-state index is 5.95. The Labute approximate surface area is 135 Å². The van der Waals surface area contributed by atoms with Crippen LogP contribution in [0.15, 0.2) is 24.3 Å². The molecule has 4 heteroatoms. The standard InChI is InChI=1S/C16H25IN2O/c1-12-4-3-9-16(11-12,20-2)15(19-18)10-13-5-7-14(17)8-6-13/h5-8,12,15,19H,3-4,9-11,18H2,1-2H3. The molecule has 0 aromatic heterocycles. The van der Waals surface area contributed by atoms with E-state index >= 15 is 0 Å². The number of nitrogens with two attached hydrogens (primary N) is 1. The van der Waals surface area contributed by atoms with Crippen LogP contribution in [-0.4, -0.2) is 18.8 Å². The number of hydrazine groups is 1. The van der Waals surface area contributed by atoms with E-state index in [4.69, 9.17) is 10.6 Å². The Hall–Kier alpha value is -0.170. The fourth-order valence-electron chi connectivity index (χ4n) is 3.44. The van der Waals surface area contributed by atoms with Gasteiger partial charge in [0, 0.05) is 10.7 Å². The van der Waals surface area contributed by atoms with Crippen molar-refractivity contribution in [3.05, 3.63) is 33.4 Å². The predicted molar refractivity (Wildman–Crippen MR) is 91.3 cm³/mol. The van der Waals surface area contributed by atoms with Crippen LogP contribution in [0.1, 0.15) is 38.2 Å². The second kappa shape index (κ2) is 7.20. The summed E-state index contributed by atoms with van der Waals surface area (Å²) >= 11 is 2.33. The minimum Gasteiger partial charge on any atom is -0.377 e. The van der Waals surface area contributed by atoms with Crippen molar-refractivity contribution in [1.29, 1.82) is 0 Å². The molecule has 0 spiro atoms. The van der Waals surface area contributed by atoms with E-state index in [0.29, 0.717) is 5.92 Å². The lowest BCUT2D eigenvalue weighted by Gasteiger charge is -2.44. The molecule has 0 saturated heterocycles. The summed E-state index contributed by atoms with van der Waals surface area (Å²) in [7, 11) is 1.83. The molecule has 3 N–H and O–H groups in total. The van der Waals surface area contributed by atoms with Crippen molar-refractivity contribution >= 4 is 22.6 Å². The van der Waals surface area contributed by atoms with Gasteiger partial charge in [-0.2, -0.15) is 0 Å². The molecule has 3 atom stereocenters. The third-order valence-electron chi connectivity index (χ3n) is 4.59. The van der Waals surface area contributed by atoms with Crippen LogP contribution in [-0.2, 0) is 11.2 Å². The number of halogens is 1. The average Bonchev–Trinajstić information content (AvgIpc) is 2.46. The summed E-state index contributed by atoms with van der Waals surface area (Å²) in [5.41, 5.74) is 4.20. The first-order valence-electron chi connectivity index (χ1n) is 7.35. The van der Waals surface area contributed by atoms with Crippen LogP contribution in [0.25, 0.3) is 0 Å². The highest BCUT2D eigenvalue weighted by Crippen LogP contribution is 2.38. The fourth-order valence-corrected chi connectivity index (χ4v) is 3.80. The minimum absolute atomic E-state index is 0.130. The van der Waals surface area contributed by atoms with Crippen molar-refractivity contribution in [1.82, 2.24) is 5.43 Å². The van der Waals surface area contributed by atoms with Gasteiger partial charge in [-0.1, -0.05) is 31.9 Å². The van der Waals surface area contributed by atoms with Gasteiger partial charge in [-0.15, -0.1) is 0 Å². The number of nitrogens with one attached hydrogen (secondary N) is 1. The topological polar surface area (TPSA) is 47.3 Å². The zero-order valence-corrected chi connectivity index (χ0v) is 14.5. The molecule has 3 nitrogen and oxygen atoms in total. The Kier molecular flexibility index (Phi) is 5.84. The Morgan fingerprint density at radius 1 is 1.45 bits per heavy atom. The SMILES string of the molecule is COC1(C(Cc2ccc(I)cc2)NN)CCCC(C)C1. The van der Waals surface area contributed by atoms with Crippen molar-refractivity contribution in [3.8, 4) is 0 Å². The highest BCUT2D eigenvalue weighted by Gasteiger charge is 2.41. The predicted octanol–water partition coefficient (Wildman–Crippen LogP) is 3.26. The quantitative estimate of drug-likeness (QED) is 0.463. The van der Waals surface area contributed by atoms with E-state index in [1.807, 2.05) is 7.11 Å². The third-order valence-corrected chi connectivity index (χ3v) is 5.31. The zero-order chi connectivity index (χ0) is 14.6. The van der Waals surface area contributed by atoms with Crippen molar-refractivity contribution in [2.75, 3.05) is 7.11 Å². The molecule has 1 aliphatic carbocycles. The molecule has 0 amide bonds. The van der Waals surface area contributed by atoms with Crippen LogP contribution in [0.4, 0.5) is 0 Å². The normalized spacial score (nSPS) is 28.3. The maximum atomic E-state index is 5.95. The van der Waals surface area contributed by atoms with E-state index in [9.17, 15) is 0 Å². The van der Waals surface area contributed by atoms with Gasteiger partial charge in [0.05, 0.1) is 11.6 Å². The minimum atomic E-state index is -0.130. The van der Waals surface area contributed by atoms with Crippen molar-refractivity contribution < 1.29 is 4.74 Å². The number of hydrogen-bond donors (Lipinski definition) is 2. The van der Waals surface area contributed by atoms with Crippen LogP contribution < -0.4 is 11.3 Å². The Morgan fingerprint density at radius 2 is 2.15 bits per heavy atom. The molecule has 1 aliphatic rings. The lowest BCUT2D eigenvalue weighted by Crippen LogP contribution is -2.57. The number of rotatable bonds is 5. The smallest absolute Gasteiger partial charge is 0.0850 e. The molecule has 1 saturated carbocycles. The lowest BCUT2D eigenvalue weighted by atomic mass is 9.73. The van der Waals surface area contributed by atoms with Crippen LogP contribution in [0.2, 0.25) is 0 Å².